The van der Waals surface area contributed by atoms with Crippen molar-refractivity contribution in [2.24, 2.45) is 5.92 Å². The summed E-state index contributed by atoms with van der Waals surface area (Å²) in [6, 6.07) is 2.20. The molecule has 2 atom stereocenters. The molecule has 1 saturated carbocycles. The molecule has 1 aromatic rings. The predicted molar refractivity (Wildman–Crippen MR) is 51.5 cm³/mol. The van der Waals surface area contributed by atoms with E-state index in [1.165, 1.54) is 24.8 Å². The van der Waals surface area contributed by atoms with E-state index in [0.29, 0.717) is 18.4 Å². The minimum atomic E-state index is 0.362. The zero-order chi connectivity index (χ0) is 8.39. The van der Waals surface area contributed by atoms with Gasteiger partial charge in [-0.05, 0) is 47.1 Å². The minimum Gasteiger partial charge on any atom is -0.396 e. The molecule has 1 nitrogen and oxygen atoms in total. The SMILES string of the molecule is OC[C@H]1CCC[C@@H]1c1ccsc1. The summed E-state index contributed by atoms with van der Waals surface area (Å²) in [4.78, 5) is 0. The molecule has 0 spiro atoms. The summed E-state index contributed by atoms with van der Waals surface area (Å²) >= 11 is 1.76. The van der Waals surface area contributed by atoms with E-state index in [0.717, 1.165) is 0 Å². The molecular weight excluding hydrogens is 168 g/mol. The van der Waals surface area contributed by atoms with Gasteiger partial charge < -0.3 is 5.11 Å². The van der Waals surface area contributed by atoms with Gasteiger partial charge in [0.05, 0.1) is 0 Å². The Hall–Kier alpha value is -0.340. The quantitative estimate of drug-likeness (QED) is 0.745. The number of aliphatic hydroxyl groups is 1. The van der Waals surface area contributed by atoms with Crippen molar-refractivity contribution in [1.29, 1.82) is 0 Å². The third-order valence-corrected chi connectivity index (χ3v) is 3.57. The van der Waals surface area contributed by atoms with Crippen LogP contribution in [0.5, 0.6) is 0 Å². The van der Waals surface area contributed by atoms with Crippen molar-refractivity contribution in [3.63, 3.8) is 0 Å². The van der Waals surface area contributed by atoms with Crippen LogP contribution in [0.25, 0.3) is 0 Å². The Bertz CT molecular complexity index is 230. The lowest BCUT2D eigenvalue weighted by molar-refractivity contribution is 0.217. The molecule has 0 aliphatic heterocycles. The standard InChI is InChI=1S/C10H14OS/c11-6-8-2-1-3-10(8)9-4-5-12-7-9/h4-5,7-8,10-11H,1-3,6H2/t8-,10+/m1/s1. The fourth-order valence-electron chi connectivity index (χ4n) is 2.18. The highest BCUT2D eigenvalue weighted by Crippen LogP contribution is 2.39. The first-order chi connectivity index (χ1) is 5.92. The predicted octanol–water partition coefficient (Wildman–Crippen LogP) is 2.62. The van der Waals surface area contributed by atoms with Crippen molar-refractivity contribution in [1.82, 2.24) is 0 Å². The van der Waals surface area contributed by atoms with Crippen LogP contribution in [0, 0.1) is 5.92 Å². The van der Waals surface area contributed by atoms with Crippen molar-refractivity contribution in [3.8, 4) is 0 Å². The summed E-state index contributed by atoms with van der Waals surface area (Å²) in [6.07, 6.45) is 3.75. The molecule has 0 aromatic carbocycles. The van der Waals surface area contributed by atoms with E-state index in [1.807, 2.05) is 0 Å². The summed E-state index contributed by atoms with van der Waals surface area (Å²) in [6.45, 7) is 0.362. The summed E-state index contributed by atoms with van der Waals surface area (Å²) in [5, 5.41) is 13.5. The van der Waals surface area contributed by atoms with E-state index in [1.54, 1.807) is 11.3 Å². The summed E-state index contributed by atoms with van der Waals surface area (Å²) in [5.74, 6) is 1.17. The number of aliphatic hydroxyl groups excluding tert-OH is 1. The van der Waals surface area contributed by atoms with Crippen LogP contribution in [-0.2, 0) is 0 Å². The van der Waals surface area contributed by atoms with Crippen LogP contribution in [0.3, 0.4) is 0 Å². The largest absolute Gasteiger partial charge is 0.396 e. The van der Waals surface area contributed by atoms with E-state index in [-0.39, 0.29) is 0 Å². The Morgan fingerprint density at radius 3 is 3.08 bits per heavy atom. The molecule has 1 aliphatic rings. The maximum Gasteiger partial charge on any atom is 0.0465 e. The van der Waals surface area contributed by atoms with Gasteiger partial charge in [-0.1, -0.05) is 6.42 Å². The normalized spacial score (nSPS) is 29.4. The number of hydrogen-bond donors (Lipinski definition) is 1. The van der Waals surface area contributed by atoms with Crippen molar-refractivity contribution in [2.45, 2.75) is 25.2 Å². The van der Waals surface area contributed by atoms with Crippen molar-refractivity contribution in [2.75, 3.05) is 6.61 Å². The molecular formula is C10H14OS. The van der Waals surface area contributed by atoms with Gasteiger partial charge in [0, 0.05) is 6.61 Å². The van der Waals surface area contributed by atoms with Gasteiger partial charge in [-0.2, -0.15) is 11.3 Å². The van der Waals surface area contributed by atoms with Crippen LogP contribution in [-0.4, -0.2) is 11.7 Å². The molecule has 1 fully saturated rings. The molecule has 2 rings (SSSR count). The first-order valence-electron chi connectivity index (χ1n) is 4.55. The molecule has 1 aromatic heterocycles. The monoisotopic (exact) mass is 182 g/mol. The second-order valence-electron chi connectivity index (χ2n) is 3.54. The Morgan fingerprint density at radius 2 is 2.42 bits per heavy atom. The van der Waals surface area contributed by atoms with Gasteiger partial charge in [0.2, 0.25) is 0 Å². The van der Waals surface area contributed by atoms with E-state index < -0.39 is 0 Å². The van der Waals surface area contributed by atoms with Gasteiger partial charge in [0.1, 0.15) is 0 Å². The van der Waals surface area contributed by atoms with Crippen LogP contribution in [0.2, 0.25) is 0 Å². The van der Waals surface area contributed by atoms with E-state index in [9.17, 15) is 0 Å². The highest BCUT2D eigenvalue weighted by molar-refractivity contribution is 7.07. The highest BCUT2D eigenvalue weighted by atomic mass is 32.1. The second kappa shape index (κ2) is 3.58. The van der Waals surface area contributed by atoms with Crippen LogP contribution in [0.15, 0.2) is 16.8 Å². The van der Waals surface area contributed by atoms with Crippen LogP contribution in [0.4, 0.5) is 0 Å². The molecule has 0 unspecified atom stereocenters. The van der Waals surface area contributed by atoms with E-state index in [2.05, 4.69) is 16.8 Å². The van der Waals surface area contributed by atoms with Gasteiger partial charge in [-0.25, -0.2) is 0 Å². The van der Waals surface area contributed by atoms with Crippen LogP contribution >= 0.6 is 11.3 Å². The Balaban J connectivity index is 2.13. The number of thiophene rings is 1. The van der Waals surface area contributed by atoms with Gasteiger partial charge in [0.15, 0.2) is 0 Å². The van der Waals surface area contributed by atoms with Gasteiger partial charge in [-0.3, -0.25) is 0 Å². The van der Waals surface area contributed by atoms with E-state index >= 15 is 0 Å². The zero-order valence-electron chi connectivity index (χ0n) is 7.07. The lowest BCUT2D eigenvalue weighted by atomic mass is 9.91. The molecule has 0 saturated heterocycles. The first-order valence-corrected chi connectivity index (χ1v) is 5.49. The topological polar surface area (TPSA) is 20.2 Å². The third-order valence-electron chi connectivity index (χ3n) is 2.86. The number of hydrogen-bond acceptors (Lipinski definition) is 2. The van der Waals surface area contributed by atoms with Crippen molar-refractivity contribution >= 4 is 11.3 Å². The molecule has 1 aliphatic carbocycles. The van der Waals surface area contributed by atoms with Crippen molar-refractivity contribution in [3.05, 3.63) is 22.4 Å². The Kier molecular flexibility index (Phi) is 2.47. The average Bonchev–Trinajstić information content (AvgIpc) is 2.74. The van der Waals surface area contributed by atoms with Gasteiger partial charge >= 0.3 is 0 Å². The lowest BCUT2D eigenvalue weighted by Gasteiger charge is -2.15. The Labute approximate surface area is 77.0 Å². The molecule has 0 amide bonds. The van der Waals surface area contributed by atoms with Crippen LogP contribution < -0.4 is 0 Å². The number of rotatable bonds is 2. The maximum absolute atomic E-state index is 9.14. The fourth-order valence-corrected chi connectivity index (χ4v) is 2.90. The molecule has 1 heterocycles. The highest BCUT2D eigenvalue weighted by Gasteiger charge is 2.27. The second-order valence-corrected chi connectivity index (χ2v) is 4.32. The molecule has 2 heteroatoms. The molecule has 66 valence electrons. The minimum absolute atomic E-state index is 0.362. The van der Waals surface area contributed by atoms with E-state index in [4.69, 9.17) is 5.11 Å². The van der Waals surface area contributed by atoms with Gasteiger partial charge in [0.25, 0.3) is 0 Å². The first kappa shape index (κ1) is 8.27. The summed E-state index contributed by atoms with van der Waals surface area (Å²) in [7, 11) is 0. The van der Waals surface area contributed by atoms with Crippen LogP contribution in [0.1, 0.15) is 30.7 Å². The average molecular weight is 182 g/mol. The summed E-state index contributed by atoms with van der Waals surface area (Å²) in [5.41, 5.74) is 1.44. The lowest BCUT2D eigenvalue weighted by Crippen LogP contribution is -2.09. The van der Waals surface area contributed by atoms with Crippen molar-refractivity contribution < 1.29 is 5.11 Å². The van der Waals surface area contributed by atoms with Gasteiger partial charge in [-0.15, -0.1) is 0 Å². The summed E-state index contributed by atoms with van der Waals surface area (Å²) < 4.78 is 0. The molecule has 12 heavy (non-hydrogen) atoms. The third kappa shape index (κ3) is 1.41. The maximum atomic E-state index is 9.14. The Morgan fingerprint density at radius 1 is 1.50 bits per heavy atom. The fraction of sp³-hybridized carbons (Fsp3) is 0.600. The zero-order valence-corrected chi connectivity index (χ0v) is 7.89. The molecule has 0 bridgehead atoms. The molecule has 0 radical (unpaired) electrons. The smallest absolute Gasteiger partial charge is 0.0465 e. The molecule has 1 N–H and O–H groups in total.